The number of nitrogens with one attached hydrogen (secondary N) is 1. The van der Waals surface area contributed by atoms with Crippen molar-refractivity contribution in [2.75, 3.05) is 18.6 Å². The Morgan fingerprint density at radius 1 is 1.47 bits per heavy atom. The lowest BCUT2D eigenvalue weighted by molar-refractivity contribution is 0.505. The average molecular weight is 264 g/mol. The molecule has 0 aliphatic carbocycles. The number of halogens is 1. The third-order valence-electron chi connectivity index (χ3n) is 2.24. The maximum Gasteiger partial charge on any atom is 0.0931 e. The smallest absolute Gasteiger partial charge is 0.0931 e. The molecule has 0 amide bonds. The maximum absolute atomic E-state index is 5.90. The molecule has 15 heavy (non-hydrogen) atoms. The first-order valence-electron chi connectivity index (χ1n) is 5.11. The molecular formula is C11H18ClNS2. The third-order valence-corrected chi connectivity index (χ3v) is 4.56. The fourth-order valence-corrected chi connectivity index (χ4v) is 3.16. The highest BCUT2D eigenvalue weighted by molar-refractivity contribution is 7.98. The quantitative estimate of drug-likeness (QED) is 0.831. The highest BCUT2D eigenvalue weighted by Crippen LogP contribution is 2.26. The number of hydrogen-bond acceptors (Lipinski definition) is 3. The van der Waals surface area contributed by atoms with E-state index in [1.54, 1.807) is 11.3 Å². The molecule has 86 valence electrons. The Bertz CT molecular complexity index is 288. The van der Waals surface area contributed by atoms with Crippen LogP contribution < -0.4 is 5.32 Å². The van der Waals surface area contributed by atoms with Gasteiger partial charge in [0.05, 0.1) is 4.34 Å². The van der Waals surface area contributed by atoms with Gasteiger partial charge in [0.25, 0.3) is 0 Å². The Kier molecular flexibility index (Phi) is 6.05. The van der Waals surface area contributed by atoms with Crippen molar-refractivity contribution < 1.29 is 0 Å². The fourth-order valence-electron chi connectivity index (χ4n) is 1.38. The number of thiophene rings is 1. The Morgan fingerprint density at radius 2 is 2.20 bits per heavy atom. The molecule has 0 spiro atoms. The van der Waals surface area contributed by atoms with E-state index < -0.39 is 0 Å². The van der Waals surface area contributed by atoms with Crippen LogP contribution in [-0.2, 0) is 0 Å². The van der Waals surface area contributed by atoms with Gasteiger partial charge in [-0.3, -0.25) is 0 Å². The molecule has 2 unspecified atom stereocenters. The van der Waals surface area contributed by atoms with Crippen LogP contribution in [0.4, 0.5) is 0 Å². The maximum atomic E-state index is 5.90. The topological polar surface area (TPSA) is 12.0 Å². The predicted molar refractivity (Wildman–Crippen MR) is 73.3 cm³/mol. The van der Waals surface area contributed by atoms with Crippen LogP contribution in [0.15, 0.2) is 12.1 Å². The van der Waals surface area contributed by atoms with Crippen LogP contribution in [0.1, 0.15) is 24.8 Å². The van der Waals surface area contributed by atoms with Crippen molar-refractivity contribution in [1.29, 1.82) is 0 Å². The van der Waals surface area contributed by atoms with Gasteiger partial charge in [0.2, 0.25) is 0 Å². The minimum Gasteiger partial charge on any atom is -0.309 e. The Hall–Kier alpha value is 0.300. The van der Waals surface area contributed by atoms with Crippen molar-refractivity contribution in [3.63, 3.8) is 0 Å². The summed E-state index contributed by atoms with van der Waals surface area (Å²) in [6.45, 7) is 5.53. The van der Waals surface area contributed by atoms with E-state index in [1.165, 1.54) is 10.6 Å². The Morgan fingerprint density at radius 3 is 2.73 bits per heavy atom. The number of hydrogen-bond donors (Lipinski definition) is 1. The van der Waals surface area contributed by atoms with Crippen molar-refractivity contribution in [2.45, 2.75) is 19.9 Å². The summed E-state index contributed by atoms with van der Waals surface area (Å²) in [4.78, 5) is 1.32. The molecule has 0 fully saturated rings. The van der Waals surface area contributed by atoms with Crippen molar-refractivity contribution in [2.24, 2.45) is 5.92 Å². The summed E-state index contributed by atoms with van der Waals surface area (Å²) in [5, 5.41) is 3.54. The van der Waals surface area contributed by atoms with Gasteiger partial charge < -0.3 is 5.32 Å². The summed E-state index contributed by atoms with van der Waals surface area (Å²) < 4.78 is 0.871. The van der Waals surface area contributed by atoms with Crippen molar-refractivity contribution in [3.05, 3.63) is 21.3 Å². The van der Waals surface area contributed by atoms with Gasteiger partial charge in [0.15, 0.2) is 0 Å². The number of rotatable bonds is 6. The Labute approximate surface area is 106 Å². The summed E-state index contributed by atoms with van der Waals surface area (Å²) in [5.41, 5.74) is 0. The van der Waals surface area contributed by atoms with Gasteiger partial charge in [-0.2, -0.15) is 11.8 Å². The average Bonchev–Trinajstić information content (AvgIpc) is 2.62. The molecule has 2 atom stereocenters. The van der Waals surface area contributed by atoms with Crippen molar-refractivity contribution >= 4 is 34.7 Å². The summed E-state index contributed by atoms with van der Waals surface area (Å²) in [6, 6.07) is 4.47. The van der Waals surface area contributed by atoms with E-state index in [1.807, 2.05) is 17.8 Å². The van der Waals surface area contributed by atoms with Crippen LogP contribution in [0, 0.1) is 5.92 Å². The second-order valence-electron chi connectivity index (χ2n) is 3.83. The lowest BCUT2D eigenvalue weighted by atomic mass is 10.2. The first kappa shape index (κ1) is 13.4. The zero-order valence-corrected chi connectivity index (χ0v) is 11.8. The largest absolute Gasteiger partial charge is 0.309 e. The van der Waals surface area contributed by atoms with Gasteiger partial charge in [-0.15, -0.1) is 11.3 Å². The summed E-state index contributed by atoms with van der Waals surface area (Å²) in [7, 11) is 0. The van der Waals surface area contributed by atoms with Crippen LogP contribution in [0.5, 0.6) is 0 Å². The van der Waals surface area contributed by atoms with E-state index in [9.17, 15) is 0 Å². The Balaban J connectivity index is 2.33. The molecule has 1 aromatic heterocycles. The van der Waals surface area contributed by atoms with Gasteiger partial charge >= 0.3 is 0 Å². The van der Waals surface area contributed by atoms with E-state index in [-0.39, 0.29) is 0 Å². The van der Waals surface area contributed by atoms with E-state index in [4.69, 9.17) is 11.6 Å². The molecule has 0 aliphatic rings. The standard InChI is InChI=1S/C11H18ClNS2/c1-8(7-14-3)6-13-9(2)10-4-5-11(12)15-10/h4-5,8-9,13H,6-7H2,1-3H3. The molecule has 0 bridgehead atoms. The molecule has 1 heterocycles. The van der Waals surface area contributed by atoms with Crippen molar-refractivity contribution in [1.82, 2.24) is 5.32 Å². The minimum atomic E-state index is 0.409. The molecule has 1 aromatic rings. The summed E-state index contributed by atoms with van der Waals surface area (Å²) in [6.07, 6.45) is 2.15. The highest BCUT2D eigenvalue weighted by atomic mass is 35.5. The van der Waals surface area contributed by atoms with E-state index in [0.717, 1.165) is 16.8 Å². The lowest BCUT2D eigenvalue weighted by Crippen LogP contribution is -2.24. The van der Waals surface area contributed by atoms with Gasteiger partial charge in [0, 0.05) is 10.9 Å². The lowest BCUT2D eigenvalue weighted by Gasteiger charge is -2.15. The van der Waals surface area contributed by atoms with Gasteiger partial charge in [0.1, 0.15) is 0 Å². The zero-order valence-electron chi connectivity index (χ0n) is 9.42. The second kappa shape index (κ2) is 6.79. The van der Waals surface area contributed by atoms with Crippen LogP contribution in [-0.4, -0.2) is 18.6 Å². The van der Waals surface area contributed by atoms with Crippen molar-refractivity contribution in [3.8, 4) is 0 Å². The molecule has 0 radical (unpaired) electrons. The molecular weight excluding hydrogens is 246 g/mol. The number of thioether (sulfide) groups is 1. The zero-order chi connectivity index (χ0) is 11.3. The molecule has 1 nitrogen and oxygen atoms in total. The van der Waals surface area contributed by atoms with Crippen LogP contribution in [0.25, 0.3) is 0 Å². The van der Waals surface area contributed by atoms with Crippen LogP contribution in [0.3, 0.4) is 0 Å². The minimum absolute atomic E-state index is 0.409. The normalized spacial score (nSPS) is 15.2. The van der Waals surface area contributed by atoms with Gasteiger partial charge in [-0.25, -0.2) is 0 Å². The SMILES string of the molecule is CSCC(C)CNC(C)c1ccc(Cl)s1. The fraction of sp³-hybridized carbons (Fsp3) is 0.636. The van der Waals surface area contributed by atoms with Gasteiger partial charge in [-0.05, 0) is 43.5 Å². The third kappa shape index (κ3) is 4.77. The monoisotopic (exact) mass is 263 g/mol. The summed E-state index contributed by atoms with van der Waals surface area (Å²) >= 11 is 9.47. The molecule has 1 rings (SSSR count). The first-order valence-corrected chi connectivity index (χ1v) is 7.70. The molecule has 0 aromatic carbocycles. The highest BCUT2D eigenvalue weighted by Gasteiger charge is 2.09. The second-order valence-corrected chi connectivity index (χ2v) is 6.49. The first-order chi connectivity index (χ1) is 7.13. The summed E-state index contributed by atoms with van der Waals surface area (Å²) in [5.74, 6) is 1.93. The van der Waals surface area contributed by atoms with E-state index in [2.05, 4.69) is 31.5 Å². The van der Waals surface area contributed by atoms with Crippen LogP contribution >= 0.6 is 34.7 Å². The van der Waals surface area contributed by atoms with Gasteiger partial charge in [-0.1, -0.05) is 18.5 Å². The molecule has 0 saturated carbocycles. The van der Waals surface area contributed by atoms with E-state index in [0.29, 0.717) is 6.04 Å². The van der Waals surface area contributed by atoms with E-state index >= 15 is 0 Å². The molecule has 4 heteroatoms. The van der Waals surface area contributed by atoms with Crippen LogP contribution in [0.2, 0.25) is 4.34 Å². The molecule has 1 N–H and O–H groups in total. The molecule has 0 aliphatic heterocycles. The predicted octanol–water partition coefficient (Wildman–Crippen LogP) is 4.05. The molecule has 0 saturated heterocycles.